The number of thiazole rings is 1. The lowest BCUT2D eigenvalue weighted by Crippen LogP contribution is -2.33. The van der Waals surface area contributed by atoms with E-state index in [-0.39, 0.29) is 30.5 Å². The van der Waals surface area contributed by atoms with Gasteiger partial charge in [0.25, 0.3) is 0 Å². The SMILES string of the molecule is Cc1ccc(N2CC(C(=O)NCCCc3nc4c(s3)CCCC4)CC2=O)c(F)c1. The van der Waals surface area contributed by atoms with E-state index in [1.807, 2.05) is 11.3 Å². The van der Waals surface area contributed by atoms with Crippen molar-refractivity contribution in [1.29, 1.82) is 0 Å². The summed E-state index contributed by atoms with van der Waals surface area (Å²) in [5, 5.41) is 4.09. The average Bonchev–Trinajstić information content (AvgIpc) is 3.28. The second-order valence-corrected chi connectivity index (χ2v) is 9.11. The van der Waals surface area contributed by atoms with Gasteiger partial charge in [-0.2, -0.15) is 0 Å². The lowest BCUT2D eigenvalue weighted by atomic mass is 10.0. The van der Waals surface area contributed by atoms with Gasteiger partial charge in [0.15, 0.2) is 0 Å². The van der Waals surface area contributed by atoms with Crippen molar-refractivity contribution in [3.05, 3.63) is 45.2 Å². The van der Waals surface area contributed by atoms with E-state index in [1.54, 1.807) is 19.1 Å². The van der Waals surface area contributed by atoms with Crippen molar-refractivity contribution in [3.8, 4) is 0 Å². The van der Waals surface area contributed by atoms with Crippen molar-refractivity contribution in [1.82, 2.24) is 10.3 Å². The molecule has 1 saturated heterocycles. The van der Waals surface area contributed by atoms with Crippen LogP contribution in [0.1, 0.15) is 46.8 Å². The molecule has 5 nitrogen and oxygen atoms in total. The Morgan fingerprint density at radius 2 is 2.17 bits per heavy atom. The minimum Gasteiger partial charge on any atom is -0.356 e. The molecule has 1 unspecified atom stereocenters. The first kappa shape index (κ1) is 20.0. The number of amides is 2. The molecule has 1 aliphatic heterocycles. The highest BCUT2D eigenvalue weighted by Crippen LogP contribution is 2.29. The summed E-state index contributed by atoms with van der Waals surface area (Å²) in [6.45, 7) is 2.59. The van der Waals surface area contributed by atoms with Crippen LogP contribution in [0.25, 0.3) is 0 Å². The molecule has 1 atom stereocenters. The Morgan fingerprint density at radius 1 is 1.34 bits per heavy atom. The molecule has 154 valence electrons. The Morgan fingerprint density at radius 3 is 2.97 bits per heavy atom. The number of nitrogens with one attached hydrogen (secondary N) is 1. The van der Waals surface area contributed by atoms with Gasteiger partial charge in [0.1, 0.15) is 5.82 Å². The van der Waals surface area contributed by atoms with Crippen molar-refractivity contribution in [3.63, 3.8) is 0 Å². The van der Waals surface area contributed by atoms with Crippen LogP contribution in [0, 0.1) is 18.7 Å². The minimum absolute atomic E-state index is 0.123. The van der Waals surface area contributed by atoms with E-state index in [2.05, 4.69) is 5.32 Å². The third-order valence-electron chi connectivity index (χ3n) is 5.65. The molecule has 1 N–H and O–H groups in total. The van der Waals surface area contributed by atoms with Crippen molar-refractivity contribution >= 4 is 28.8 Å². The van der Waals surface area contributed by atoms with Crippen LogP contribution in [0.4, 0.5) is 10.1 Å². The molecule has 0 spiro atoms. The van der Waals surface area contributed by atoms with E-state index < -0.39 is 11.7 Å². The molecule has 4 rings (SSSR count). The van der Waals surface area contributed by atoms with Crippen LogP contribution in [0.5, 0.6) is 0 Å². The predicted octanol–water partition coefficient (Wildman–Crippen LogP) is 3.57. The smallest absolute Gasteiger partial charge is 0.227 e. The Labute approximate surface area is 174 Å². The average molecular weight is 416 g/mol. The number of carbonyl (C=O) groups excluding carboxylic acids is 2. The maximum absolute atomic E-state index is 14.2. The molecule has 2 amide bonds. The monoisotopic (exact) mass is 415 g/mol. The van der Waals surface area contributed by atoms with E-state index >= 15 is 0 Å². The highest BCUT2D eigenvalue weighted by atomic mass is 32.1. The zero-order chi connectivity index (χ0) is 20.4. The van der Waals surface area contributed by atoms with Gasteiger partial charge in [0.2, 0.25) is 11.8 Å². The molecule has 1 aliphatic carbocycles. The number of nitrogens with zero attached hydrogens (tertiary/aromatic N) is 2. The molecule has 2 aromatic rings. The summed E-state index contributed by atoms with van der Waals surface area (Å²) >= 11 is 1.81. The first-order valence-electron chi connectivity index (χ1n) is 10.3. The number of hydrogen-bond acceptors (Lipinski definition) is 4. The normalized spacial score (nSPS) is 18.8. The number of anilines is 1. The third-order valence-corrected chi connectivity index (χ3v) is 6.86. The largest absolute Gasteiger partial charge is 0.356 e. The second-order valence-electron chi connectivity index (χ2n) is 7.94. The molecule has 29 heavy (non-hydrogen) atoms. The fourth-order valence-corrected chi connectivity index (χ4v) is 5.25. The van der Waals surface area contributed by atoms with Gasteiger partial charge in [-0.25, -0.2) is 9.37 Å². The van der Waals surface area contributed by atoms with Crippen molar-refractivity contribution in [2.45, 2.75) is 51.9 Å². The number of aromatic nitrogens is 1. The Bertz CT molecular complexity index is 903. The highest BCUT2D eigenvalue weighted by Gasteiger charge is 2.36. The van der Waals surface area contributed by atoms with Crippen molar-refractivity contribution in [2.24, 2.45) is 5.92 Å². The van der Waals surface area contributed by atoms with Crippen LogP contribution in [0.15, 0.2) is 18.2 Å². The Kier molecular flexibility index (Phi) is 5.94. The molecule has 2 heterocycles. The number of benzene rings is 1. The number of aryl methyl sites for hydroxylation is 4. The summed E-state index contributed by atoms with van der Waals surface area (Å²) in [5.74, 6) is -1.20. The number of halogens is 1. The molecule has 7 heteroatoms. The van der Waals surface area contributed by atoms with E-state index in [1.165, 1.54) is 34.4 Å². The van der Waals surface area contributed by atoms with Gasteiger partial charge in [-0.3, -0.25) is 9.59 Å². The maximum Gasteiger partial charge on any atom is 0.227 e. The van der Waals surface area contributed by atoms with E-state index in [0.717, 1.165) is 36.3 Å². The van der Waals surface area contributed by atoms with Crippen molar-refractivity contribution in [2.75, 3.05) is 18.0 Å². The summed E-state index contributed by atoms with van der Waals surface area (Å²) in [5.41, 5.74) is 2.32. The van der Waals surface area contributed by atoms with Gasteiger partial charge >= 0.3 is 0 Å². The second kappa shape index (κ2) is 8.61. The first-order valence-corrected chi connectivity index (χ1v) is 11.1. The van der Waals surface area contributed by atoms with E-state index in [4.69, 9.17) is 4.98 Å². The zero-order valence-electron chi connectivity index (χ0n) is 16.7. The standard InChI is InChI=1S/C22H26FN3O2S/c1-14-8-9-18(16(23)11-14)26-13-15(12-21(26)27)22(28)24-10-4-7-20-25-17-5-2-3-6-19(17)29-20/h8-9,11,15H,2-7,10,12-13H2,1H3,(H,24,28). The minimum atomic E-state index is -0.435. The predicted molar refractivity (Wildman–Crippen MR) is 112 cm³/mol. The lowest BCUT2D eigenvalue weighted by molar-refractivity contribution is -0.126. The highest BCUT2D eigenvalue weighted by molar-refractivity contribution is 7.11. The lowest BCUT2D eigenvalue weighted by Gasteiger charge is -2.17. The van der Waals surface area contributed by atoms with Gasteiger partial charge in [0, 0.05) is 30.8 Å². The van der Waals surface area contributed by atoms with Gasteiger partial charge in [-0.1, -0.05) is 6.07 Å². The summed E-state index contributed by atoms with van der Waals surface area (Å²) < 4.78 is 14.2. The van der Waals surface area contributed by atoms with Gasteiger partial charge in [-0.15, -0.1) is 11.3 Å². The van der Waals surface area contributed by atoms with Crippen LogP contribution in [-0.4, -0.2) is 29.9 Å². The fraction of sp³-hybridized carbons (Fsp3) is 0.500. The van der Waals surface area contributed by atoms with Gasteiger partial charge < -0.3 is 10.2 Å². The molecule has 0 bridgehead atoms. The quantitative estimate of drug-likeness (QED) is 0.734. The van der Waals surface area contributed by atoms with Crippen LogP contribution >= 0.6 is 11.3 Å². The fourth-order valence-electron chi connectivity index (χ4n) is 4.05. The topological polar surface area (TPSA) is 62.3 Å². The number of rotatable bonds is 6. The van der Waals surface area contributed by atoms with Gasteiger partial charge in [-0.05, 0) is 56.7 Å². The van der Waals surface area contributed by atoms with Crippen molar-refractivity contribution < 1.29 is 14.0 Å². The molecule has 1 aromatic carbocycles. The van der Waals surface area contributed by atoms with Crippen LogP contribution in [0.3, 0.4) is 0 Å². The summed E-state index contributed by atoms with van der Waals surface area (Å²) in [7, 11) is 0. The summed E-state index contributed by atoms with van der Waals surface area (Å²) in [6.07, 6.45) is 6.55. The molecule has 1 fully saturated rings. The zero-order valence-corrected chi connectivity index (χ0v) is 17.5. The molecule has 0 saturated carbocycles. The molecular formula is C22H26FN3O2S. The maximum atomic E-state index is 14.2. The number of fused-ring (bicyclic) bond motifs is 1. The van der Waals surface area contributed by atoms with E-state index in [0.29, 0.717) is 6.54 Å². The Balaban J connectivity index is 1.26. The first-order chi connectivity index (χ1) is 14.0. The van der Waals surface area contributed by atoms with Crippen LogP contribution in [0.2, 0.25) is 0 Å². The molecular weight excluding hydrogens is 389 g/mol. The van der Waals surface area contributed by atoms with Crippen LogP contribution < -0.4 is 10.2 Å². The number of carbonyl (C=O) groups is 2. The van der Waals surface area contributed by atoms with Crippen LogP contribution in [-0.2, 0) is 28.9 Å². The molecule has 2 aliphatic rings. The molecule has 1 aromatic heterocycles. The Hall–Kier alpha value is -2.28. The summed E-state index contributed by atoms with van der Waals surface area (Å²) in [6, 6.07) is 4.79. The van der Waals surface area contributed by atoms with E-state index in [9.17, 15) is 14.0 Å². The number of hydrogen-bond donors (Lipinski definition) is 1. The third kappa shape index (κ3) is 4.50. The molecule has 0 radical (unpaired) electrons. The van der Waals surface area contributed by atoms with Gasteiger partial charge in [0.05, 0.1) is 22.3 Å². The summed E-state index contributed by atoms with van der Waals surface area (Å²) in [4.78, 5) is 32.3.